The maximum Gasteiger partial charge on any atom is 0.239 e. The Morgan fingerprint density at radius 3 is 2.50 bits per heavy atom. The molecule has 1 N–H and O–H groups in total. The Labute approximate surface area is 122 Å². The van der Waals surface area contributed by atoms with Gasteiger partial charge in [-0.15, -0.1) is 0 Å². The van der Waals surface area contributed by atoms with E-state index < -0.39 is 0 Å². The first-order chi connectivity index (χ1) is 9.53. The van der Waals surface area contributed by atoms with Crippen LogP contribution in [0.15, 0.2) is 18.2 Å². The zero-order valence-electron chi connectivity index (χ0n) is 13.2. The fraction of sp³-hybridized carbons (Fsp3) is 0.562. The van der Waals surface area contributed by atoms with E-state index in [0.717, 1.165) is 30.0 Å². The minimum absolute atomic E-state index is 0.153. The van der Waals surface area contributed by atoms with Crippen LogP contribution in [0.25, 0.3) is 0 Å². The molecule has 0 bridgehead atoms. The number of carbonyl (C=O) groups excluding carboxylic acids is 1. The van der Waals surface area contributed by atoms with Crippen molar-refractivity contribution in [2.45, 2.75) is 40.3 Å². The molecule has 0 aromatic heterocycles. The second-order valence-corrected chi connectivity index (χ2v) is 4.92. The summed E-state index contributed by atoms with van der Waals surface area (Å²) in [5.74, 6) is 1.04. The largest absolute Gasteiger partial charge is 0.496 e. The zero-order chi connectivity index (χ0) is 15.1. The molecule has 0 saturated carbocycles. The number of nitrogens with one attached hydrogen (secondary N) is 1. The normalized spacial score (nSPS) is 12.1. The number of rotatable bonds is 7. The van der Waals surface area contributed by atoms with Crippen molar-refractivity contribution in [2.24, 2.45) is 0 Å². The summed E-state index contributed by atoms with van der Waals surface area (Å²) in [5, 5.41) is 3.28. The molecule has 0 spiro atoms. The smallest absolute Gasteiger partial charge is 0.239 e. The molecule has 0 aliphatic rings. The highest BCUT2D eigenvalue weighted by Crippen LogP contribution is 2.18. The Balaban J connectivity index is 2.58. The van der Waals surface area contributed by atoms with Crippen molar-refractivity contribution in [1.29, 1.82) is 0 Å². The number of hydrogen-bond acceptors (Lipinski definition) is 3. The molecule has 4 heteroatoms. The summed E-state index contributed by atoms with van der Waals surface area (Å²) in [6.07, 6.45) is 0. The number of likely N-dealkylation sites (N-methyl/N-ethyl adjacent to an activating group) is 1. The van der Waals surface area contributed by atoms with Crippen LogP contribution in [0.4, 0.5) is 0 Å². The number of aryl methyl sites for hydroxylation is 1. The van der Waals surface area contributed by atoms with Crippen molar-refractivity contribution in [3.05, 3.63) is 29.3 Å². The van der Waals surface area contributed by atoms with Crippen LogP contribution in [0.2, 0.25) is 0 Å². The second-order valence-electron chi connectivity index (χ2n) is 4.92. The molecule has 0 aliphatic carbocycles. The maximum atomic E-state index is 12.1. The Kier molecular flexibility index (Phi) is 6.52. The first-order valence-corrected chi connectivity index (χ1v) is 7.19. The standard InChI is InChI=1S/C16H26N2O2/c1-6-18(7-2)16(19)13(4)17-11-14-8-9-15(20-5)12(3)10-14/h8-10,13,17H,6-7,11H2,1-5H3. The molecule has 1 amide bonds. The van der Waals surface area contributed by atoms with Crippen LogP contribution in [0.3, 0.4) is 0 Å². The zero-order valence-corrected chi connectivity index (χ0v) is 13.2. The topological polar surface area (TPSA) is 41.6 Å². The Morgan fingerprint density at radius 1 is 1.35 bits per heavy atom. The third kappa shape index (κ3) is 4.23. The number of benzene rings is 1. The van der Waals surface area contributed by atoms with Gasteiger partial charge in [-0.05, 0) is 44.9 Å². The van der Waals surface area contributed by atoms with Gasteiger partial charge < -0.3 is 15.0 Å². The van der Waals surface area contributed by atoms with E-state index in [1.165, 1.54) is 0 Å². The molecule has 0 aliphatic heterocycles. The summed E-state index contributed by atoms with van der Waals surface area (Å²) in [7, 11) is 1.67. The predicted octanol–water partition coefficient (Wildman–Crippen LogP) is 2.35. The van der Waals surface area contributed by atoms with E-state index in [1.807, 2.05) is 44.7 Å². The Morgan fingerprint density at radius 2 is 2.00 bits per heavy atom. The average Bonchev–Trinajstić information content (AvgIpc) is 2.46. The lowest BCUT2D eigenvalue weighted by atomic mass is 10.1. The molecule has 0 heterocycles. The lowest BCUT2D eigenvalue weighted by Gasteiger charge is -2.23. The molecular formula is C16H26N2O2. The van der Waals surface area contributed by atoms with Crippen LogP contribution in [-0.2, 0) is 11.3 Å². The highest BCUT2D eigenvalue weighted by molar-refractivity contribution is 5.81. The molecule has 1 aromatic carbocycles. The third-order valence-electron chi connectivity index (χ3n) is 3.52. The van der Waals surface area contributed by atoms with Gasteiger partial charge in [0.25, 0.3) is 0 Å². The summed E-state index contributed by atoms with van der Waals surface area (Å²) >= 11 is 0. The lowest BCUT2D eigenvalue weighted by molar-refractivity contribution is -0.132. The quantitative estimate of drug-likeness (QED) is 0.832. The number of methoxy groups -OCH3 is 1. The van der Waals surface area contributed by atoms with E-state index in [0.29, 0.717) is 6.54 Å². The van der Waals surface area contributed by atoms with Gasteiger partial charge in [0.2, 0.25) is 5.91 Å². The van der Waals surface area contributed by atoms with Crippen LogP contribution in [0, 0.1) is 6.92 Å². The van der Waals surface area contributed by atoms with Gasteiger partial charge in [-0.2, -0.15) is 0 Å². The molecule has 1 atom stereocenters. The van der Waals surface area contributed by atoms with Crippen LogP contribution in [0.1, 0.15) is 31.9 Å². The summed E-state index contributed by atoms with van der Waals surface area (Å²) < 4.78 is 5.24. The van der Waals surface area contributed by atoms with Gasteiger partial charge in [-0.3, -0.25) is 4.79 Å². The molecule has 4 nitrogen and oxygen atoms in total. The van der Waals surface area contributed by atoms with Crippen molar-refractivity contribution in [3.63, 3.8) is 0 Å². The molecule has 1 rings (SSSR count). The van der Waals surface area contributed by atoms with E-state index in [1.54, 1.807) is 7.11 Å². The van der Waals surface area contributed by atoms with Crippen molar-refractivity contribution in [2.75, 3.05) is 20.2 Å². The summed E-state index contributed by atoms with van der Waals surface area (Å²) in [6.45, 7) is 10.1. The molecule has 1 aromatic rings. The SMILES string of the molecule is CCN(CC)C(=O)C(C)NCc1ccc(OC)c(C)c1. The predicted molar refractivity (Wildman–Crippen MR) is 82.0 cm³/mol. The molecule has 112 valence electrons. The van der Waals surface area contributed by atoms with E-state index in [4.69, 9.17) is 4.74 Å². The van der Waals surface area contributed by atoms with Crippen molar-refractivity contribution in [3.8, 4) is 5.75 Å². The number of ether oxygens (including phenoxy) is 1. The first-order valence-electron chi connectivity index (χ1n) is 7.19. The van der Waals surface area contributed by atoms with Gasteiger partial charge >= 0.3 is 0 Å². The van der Waals surface area contributed by atoms with Crippen molar-refractivity contribution < 1.29 is 9.53 Å². The van der Waals surface area contributed by atoms with Gasteiger partial charge in [-0.1, -0.05) is 12.1 Å². The fourth-order valence-electron chi connectivity index (χ4n) is 2.22. The van der Waals surface area contributed by atoms with E-state index in [9.17, 15) is 4.79 Å². The number of nitrogens with zero attached hydrogens (tertiary/aromatic N) is 1. The fourth-order valence-corrected chi connectivity index (χ4v) is 2.22. The molecular weight excluding hydrogens is 252 g/mol. The molecule has 20 heavy (non-hydrogen) atoms. The summed E-state index contributed by atoms with van der Waals surface area (Å²) in [4.78, 5) is 14.0. The molecule has 0 saturated heterocycles. The molecule has 1 unspecified atom stereocenters. The highest BCUT2D eigenvalue weighted by Gasteiger charge is 2.17. The summed E-state index contributed by atoms with van der Waals surface area (Å²) in [6, 6.07) is 5.90. The van der Waals surface area contributed by atoms with Gasteiger partial charge in [0.05, 0.1) is 13.2 Å². The maximum absolute atomic E-state index is 12.1. The van der Waals surface area contributed by atoms with E-state index in [2.05, 4.69) is 11.4 Å². The summed E-state index contributed by atoms with van der Waals surface area (Å²) in [5.41, 5.74) is 2.26. The van der Waals surface area contributed by atoms with E-state index >= 15 is 0 Å². The molecule has 0 radical (unpaired) electrons. The van der Waals surface area contributed by atoms with Gasteiger partial charge in [0, 0.05) is 19.6 Å². The van der Waals surface area contributed by atoms with Crippen LogP contribution >= 0.6 is 0 Å². The average molecular weight is 278 g/mol. The number of carbonyl (C=O) groups is 1. The van der Waals surface area contributed by atoms with Crippen LogP contribution in [0.5, 0.6) is 5.75 Å². The van der Waals surface area contributed by atoms with Crippen LogP contribution in [-0.4, -0.2) is 37.0 Å². The first kappa shape index (κ1) is 16.5. The number of hydrogen-bond donors (Lipinski definition) is 1. The third-order valence-corrected chi connectivity index (χ3v) is 3.52. The minimum atomic E-state index is -0.169. The number of amides is 1. The molecule has 0 fully saturated rings. The monoisotopic (exact) mass is 278 g/mol. The van der Waals surface area contributed by atoms with Crippen molar-refractivity contribution in [1.82, 2.24) is 10.2 Å². The van der Waals surface area contributed by atoms with Gasteiger partial charge in [-0.25, -0.2) is 0 Å². The van der Waals surface area contributed by atoms with Crippen molar-refractivity contribution >= 4 is 5.91 Å². The lowest BCUT2D eigenvalue weighted by Crippen LogP contribution is -2.44. The Bertz CT molecular complexity index is 442. The minimum Gasteiger partial charge on any atom is -0.496 e. The van der Waals surface area contributed by atoms with E-state index in [-0.39, 0.29) is 11.9 Å². The van der Waals surface area contributed by atoms with Gasteiger partial charge in [0.15, 0.2) is 0 Å². The van der Waals surface area contributed by atoms with Crippen LogP contribution < -0.4 is 10.1 Å². The Hall–Kier alpha value is -1.55. The van der Waals surface area contributed by atoms with Gasteiger partial charge in [0.1, 0.15) is 5.75 Å². The second kappa shape index (κ2) is 7.90. The highest BCUT2D eigenvalue weighted by atomic mass is 16.5.